The van der Waals surface area contributed by atoms with E-state index in [0.717, 1.165) is 25.9 Å². The lowest BCUT2D eigenvalue weighted by Crippen LogP contribution is -2.47. The molecule has 0 spiro atoms. The van der Waals surface area contributed by atoms with Gasteiger partial charge in [-0.2, -0.15) is 4.31 Å². The molecule has 0 saturated carbocycles. The highest BCUT2D eigenvalue weighted by molar-refractivity contribution is 7.89. The van der Waals surface area contributed by atoms with Gasteiger partial charge in [-0.25, -0.2) is 8.42 Å². The molecule has 0 aromatic carbocycles. The Morgan fingerprint density at radius 2 is 2.20 bits per heavy atom. The summed E-state index contributed by atoms with van der Waals surface area (Å²) in [6.07, 6.45) is 2.49. The van der Waals surface area contributed by atoms with Crippen molar-refractivity contribution in [3.05, 3.63) is 0 Å². The van der Waals surface area contributed by atoms with Crippen LogP contribution in [0.15, 0.2) is 0 Å². The molecule has 0 bridgehead atoms. The summed E-state index contributed by atoms with van der Waals surface area (Å²) in [6, 6.07) is 0.220. The van der Waals surface area contributed by atoms with Crippen molar-refractivity contribution < 1.29 is 13.2 Å². The van der Waals surface area contributed by atoms with E-state index < -0.39 is 10.0 Å². The number of hydrogen-bond donors (Lipinski definition) is 1. The molecule has 0 aromatic rings. The fourth-order valence-electron chi connectivity index (χ4n) is 2.77. The fourth-order valence-corrected chi connectivity index (χ4v) is 4.23. The SMILES string of the molecule is CCCN(C(=O)CN1CCCS1(=O)=O)C1CCNC1.Cl. The van der Waals surface area contributed by atoms with Gasteiger partial charge in [-0.05, 0) is 25.8 Å². The van der Waals surface area contributed by atoms with Crippen molar-refractivity contribution in [3.8, 4) is 0 Å². The van der Waals surface area contributed by atoms with Crippen molar-refractivity contribution >= 4 is 28.3 Å². The molecule has 1 unspecified atom stereocenters. The summed E-state index contributed by atoms with van der Waals surface area (Å²) in [5.41, 5.74) is 0. The van der Waals surface area contributed by atoms with Gasteiger partial charge in [-0.1, -0.05) is 6.92 Å². The Balaban J connectivity index is 0.00000200. The zero-order chi connectivity index (χ0) is 13.9. The predicted octanol–water partition coefficient (Wildman–Crippen LogP) is 0.0442. The Hall–Kier alpha value is -0.370. The number of carbonyl (C=O) groups is 1. The molecule has 0 aliphatic carbocycles. The highest BCUT2D eigenvalue weighted by Crippen LogP contribution is 2.15. The van der Waals surface area contributed by atoms with Crippen molar-refractivity contribution in [3.63, 3.8) is 0 Å². The van der Waals surface area contributed by atoms with E-state index in [1.807, 2.05) is 11.8 Å². The summed E-state index contributed by atoms with van der Waals surface area (Å²) >= 11 is 0. The standard InChI is InChI=1S/C12H23N3O3S.ClH/c1-2-6-15(11-4-5-13-9-11)12(16)10-14-7-3-8-19(14,17)18;/h11,13H,2-10H2,1H3;1H. The van der Waals surface area contributed by atoms with Crippen LogP contribution in [0.1, 0.15) is 26.2 Å². The van der Waals surface area contributed by atoms with Crippen LogP contribution in [0.4, 0.5) is 0 Å². The molecule has 1 amide bonds. The molecule has 2 heterocycles. The van der Waals surface area contributed by atoms with Crippen LogP contribution in [0.3, 0.4) is 0 Å². The second-order valence-electron chi connectivity index (χ2n) is 5.24. The van der Waals surface area contributed by atoms with Crippen molar-refractivity contribution in [2.24, 2.45) is 0 Å². The van der Waals surface area contributed by atoms with Crippen LogP contribution < -0.4 is 5.32 Å². The maximum Gasteiger partial charge on any atom is 0.238 e. The third kappa shape index (κ3) is 4.07. The topological polar surface area (TPSA) is 69.7 Å². The summed E-state index contributed by atoms with van der Waals surface area (Å²) in [6.45, 7) is 4.99. The molecule has 2 fully saturated rings. The Bertz CT molecular complexity index is 424. The van der Waals surface area contributed by atoms with E-state index in [4.69, 9.17) is 0 Å². The van der Waals surface area contributed by atoms with Crippen molar-refractivity contribution in [2.45, 2.75) is 32.2 Å². The fraction of sp³-hybridized carbons (Fsp3) is 0.917. The van der Waals surface area contributed by atoms with Crippen LogP contribution in [0.2, 0.25) is 0 Å². The zero-order valence-corrected chi connectivity index (χ0v) is 13.5. The van der Waals surface area contributed by atoms with E-state index in [1.54, 1.807) is 0 Å². The van der Waals surface area contributed by atoms with Gasteiger partial charge in [-0.3, -0.25) is 4.79 Å². The van der Waals surface area contributed by atoms with E-state index in [1.165, 1.54) is 4.31 Å². The van der Waals surface area contributed by atoms with E-state index >= 15 is 0 Å². The molecule has 2 rings (SSSR count). The molecule has 2 saturated heterocycles. The normalized spacial score (nSPS) is 25.4. The molecule has 6 nitrogen and oxygen atoms in total. The summed E-state index contributed by atoms with van der Waals surface area (Å²) in [7, 11) is -3.18. The van der Waals surface area contributed by atoms with E-state index in [-0.39, 0.29) is 36.7 Å². The molecular formula is C12H24ClN3O3S. The molecule has 1 atom stereocenters. The first kappa shape index (κ1) is 17.7. The van der Waals surface area contributed by atoms with Crippen LogP contribution in [0.25, 0.3) is 0 Å². The smallest absolute Gasteiger partial charge is 0.238 e. The van der Waals surface area contributed by atoms with Gasteiger partial charge in [0.15, 0.2) is 0 Å². The molecule has 0 radical (unpaired) electrons. The van der Waals surface area contributed by atoms with E-state index in [9.17, 15) is 13.2 Å². The van der Waals surface area contributed by atoms with Gasteiger partial charge in [0.05, 0.1) is 12.3 Å². The van der Waals surface area contributed by atoms with Crippen molar-refractivity contribution in [1.82, 2.24) is 14.5 Å². The third-order valence-electron chi connectivity index (χ3n) is 3.77. The Kier molecular flexibility index (Phi) is 6.71. The molecule has 0 aromatic heterocycles. The van der Waals surface area contributed by atoms with Gasteiger partial charge in [0.2, 0.25) is 15.9 Å². The molecule has 2 aliphatic heterocycles. The molecule has 2 aliphatic rings. The maximum atomic E-state index is 12.4. The highest BCUT2D eigenvalue weighted by atomic mass is 35.5. The molecular weight excluding hydrogens is 302 g/mol. The number of sulfonamides is 1. The number of carbonyl (C=O) groups excluding carboxylic acids is 1. The average molecular weight is 326 g/mol. The summed E-state index contributed by atoms with van der Waals surface area (Å²) in [5, 5.41) is 3.25. The Morgan fingerprint density at radius 1 is 1.45 bits per heavy atom. The number of hydrogen-bond acceptors (Lipinski definition) is 4. The summed E-state index contributed by atoms with van der Waals surface area (Å²) in [4.78, 5) is 14.2. The monoisotopic (exact) mass is 325 g/mol. The number of nitrogens with zero attached hydrogens (tertiary/aromatic N) is 2. The molecule has 118 valence electrons. The van der Waals surface area contributed by atoms with Gasteiger partial charge in [0.1, 0.15) is 0 Å². The number of amides is 1. The van der Waals surface area contributed by atoms with Gasteiger partial charge in [0.25, 0.3) is 0 Å². The molecule has 1 N–H and O–H groups in total. The van der Waals surface area contributed by atoms with Gasteiger partial charge in [-0.15, -0.1) is 12.4 Å². The minimum Gasteiger partial charge on any atom is -0.337 e. The van der Waals surface area contributed by atoms with Crippen LogP contribution in [-0.4, -0.2) is 68.0 Å². The minimum absolute atomic E-state index is 0. The predicted molar refractivity (Wildman–Crippen MR) is 80.5 cm³/mol. The molecule has 8 heteroatoms. The first-order valence-electron chi connectivity index (χ1n) is 7.02. The van der Waals surface area contributed by atoms with Gasteiger partial charge < -0.3 is 10.2 Å². The van der Waals surface area contributed by atoms with E-state index in [0.29, 0.717) is 19.5 Å². The van der Waals surface area contributed by atoms with Crippen molar-refractivity contribution in [1.29, 1.82) is 0 Å². The number of rotatable bonds is 5. The first-order valence-corrected chi connectivity index (χ1v) is 8.63. The first-order chi connectivity index (χ1) is 9.04. The number of halogens is 1. The van der Waals surface area contributed by atoms with Gasteiger partial charge >= 0.3 is 0 Å². The lowest BCUT2D eigenvalue weighted by atomic mass is 10.2. The van der Waals surface area contributed by atoms with Crippen molar-refractivity contribution in [2.75, 3.05) is 38.5 Å². The highest BCUT2D eigenvalue weighted by Gasteiger charge is 2.33. The summed E-state index contributed by atoms with van der Waals surface area (Å²) in [5.74, 6) is 0.125. The van der Waals surface area contributed by atoms with Crippen LogP contribution >= 0.6 is 12.4 Å². The zero-order valence-electron chi connectivity index (χ0n) is 11.9. The maximum absolute atomic E-state index is 12.4. The average Bonchev–Trinajstić information content (AvgIpc) is 2.97. The van der Waals surface area contributed by atoms with Crippen LogP contribution in [0, 0.1) is 0 Å². The minimum atomic E-state index is -3.18. The Labute approximate surface area is 127 Å². The van der Waals surface area contributed by atoms with Crippen LogP contribution in [-0.2, 0) is 14.8 Å². The van der Waals surface area contributed by atoms with E-state index in [2.05, 4.69) is 5.32 Å². The quantitative estimate of drug-likeness (QED) is 0.775. The third-order valence-corrected chi connectivity index (χ3v) is 5.68. The lowest BCUT2D eigenvalue weighted by Gasteiger charge is -2.29. The molecule has 20 heavy (non-hydrogen) atoms. The second kappa shape index (κ2) is 7.59. The summed E-state index contributed by atoms with van der Waals surface area (Å²) < 4.78 is 24.8. The second-order valence-corrected chi connectivity index (χ2v) is 7.33. The van der Waals surface area contributed by atoms with Gasteiger partial charge in [0, 0.05) is 25.7 Å². The number of nitrogens with one attached hydrogen (secondary N) is 1. The largest absolute Gasteiger partial charge is 0.337 e. The van der Waals surface area contributed by atoms with Crippen LogP contribution in [0.5, 0.6) is 0 Å². The lowest BCUT2D eigenvalue weighted by molar-refractivity contribution is -0.133. The Morgan fingerprint density at radius 3 is 2.70 bits per heavy atom.